The summed E-state index contributed by atoms with van der Waals surface area (Å²) in [6.45, 7) is 2.55. The minimum Gasteiger partial charge on any atom is -0.493 e. The minimum absolute atomic E-state index is 0. The normalized spacial score (nSPS) is 14.3. The number of sulfonamides is 1. The zero-order valence-electron chi connectivity index (χ0n) is 18.3. The molecule has 32 heavy (non-hydrogen) atoms. The summed E-state index contributed by atoms with van der Waals surface area (Å²) in [6.07, 6.45) is 2.48. The van der Waals surface area contributed by atoms with Crippen LogP contribution in [-0.4, -0.2) is 61.8 Å². The van der Waals surface area contributed by atoms with Crippen LogP contribution in [0, 0.1) is 0 Å². The van der Waals surface area contributed by atoms with Gasteiger partial charge in [-0.1, -0.05) is 12.1 Å². The highest BCUT2D eigenvalue weighted by Gasteiger charge is 2.23. The fourth-order valence-corrected chi connectivity index (χ4v) is 6.40. The van der Waals surface area contributed by atoms with Gasteiger partial charge >= 0.3 is 0 Å². The van der Waals surface area contributed by atoms with Crippen LogP contribution in [0.4, 0.5) is 0 Å². The van der Waals surface area contributed by atoms with E-state index in [0.29, 0.717) is 18.7 Å². The largest absolute Gasteiger partial charge is 0.493 e. The molecule has 0 bridgehead atoms. The lowest BCUT2D eigenvalue weighted by atomic mass is 9.98. The lowest BCUT2D eigenvalue weighted by Crippen LogP contribution is -2.34. The Kier molecular flexibility index (Phi) is 8.95. The second-order valence-corrected chi connectivity index (χ2v) is 11.2. The molecule has 11 heteroatoms. The van der Waals surface area contributed by atoms with Crippen LogP contribution < -0.4 is 14.2 Å². The van der Waals surface area contributed by atoms with Crippen LogP contribution in [0.1, 0.15) is 17.5 Å². The highest BCUT2D eigenvalue weighted by Crippen LogP contribution is 2.33. The first-order chi connectivity index (χ1) is 14.7. The molecule has 2 aromatic carbocycles. The van der Waals surface area contributed by atoms with E-state index < -0.39 is 19.9 Å². The van der Waals surface area contributed by atoms with Crippen LogP contribution in [0.5, 0.6) is 11.5 Å². The quantitative estimate of drug-likeness (QED) is 0.522. The van der Waals surface area contributed by atoms with E-state index in [1.54, 1.807) is 14.2 Å². The molecule has 0 atom stereocenters. The molecule has 0 unspecified atom stereocenters. The maximum absolute atomic E-state index is 12.6. The van der Waals surface area contributed by atoms with Gasteiger partial charge in [0, 0.05) is 25.9 Å². The zero-order valence-corrected chi connectivity index (χ0v) is 20.8. The van der Waals surface area contributed by atoms with Crippen molar-refractivity contribution < 1.29 is 26.3 Å². The Labute approximate surface area is 196 Å². The molecule has 8 nitrogen and oxygen atoms in total. The Bertz CT molecular complexity index is 1150. The van der Waals surface area contributed by atoms with Gasteiger partial charge in [0.25, 0.3) is 0 Å². The van der Waals surface area contributed by atoms with Gasteiger partial charge in [0.1, 0.15) is 4.90 Å². The first-order valence-electron chi connectivity index (χ1n) is 9.90. The van der Waals surface area contributed by atoms with Crippen LogP contribution in [0.3, 0.4) is 0 Å². The molecule has 0 spiro atoms. The Morgan fingerprint density at radius 2 is 1.56 bits per heavy atom. The molecular weight excluding hydrogens is 476 g/mol. The van der Waals surface area contributed by atoms with Gasteiger partial charge in [0.05, 0.1) is 19.1 Å². The number of nitrogens with one attached hydrogen (secondary N) is 1. The van der Waals surface area contributed by atoms with Crippen LogP contribution >= 0.6 is 12.4 Å². The summed E-state index contributed by atoms with van der Waals surface area (Å²) in [5.41, 5.74) is 2.40. The first kappa shape index (κ1) is 26.4. The van der Waals surface area contributed by atoms with E-state index in [-0.39, 0.29) is 28.7 Å². The maximum atomic E-state index is 12.6. The van der Waals surface area contributed by atoms with Crippen LogP contribution in [-0.2, 0) is 32.8 Å². The number of ether oxygens (including phenoxy) is 2. The van der Waals surface area contributed by atoms with Crippen molar-refractivity contribution in [2.24, 2.45) is 0 Å². The fourth-order valence-electron chi connectivity index (χ4n) is 3.70. The molecule has 1 aliphatic rings. The zero-order chi connectivity index (χ0) is 22.6. The van der Waals surface area contributed by atoms with E-state index in [9.17, 15) is 16.8 Å². The average molecular weight is 505 g/mol. The molecule has 2 aromatic rings. The summed E-state index contributed by atoms with van der Waals surface area (Å²) >= 11 is 0. The average Bonchev–Trinajstić information content (AvgIpc) is 2.75. The van der Waals surface area contributed by atoms with E-state index in [0.717, 1.165) is 31.5 Å². The van der Waals surface area contributed by atoms with Gasteiger partial charge < -0.3 is 9.47 Å². The second kappa shape index (κ2) is 10.8. The molecule has 0 fully saturated rings. The number of halogens is 1. The molecule has 1 aliphatic heterocycles. The number of sulfone groups is 1. The first-order valence-corrected chi connectivity index (χ1v) is 13.3. The predicted molar refractivity (Wildman–Crippen MR) is 125 cm³/mol. The molecule has 0 amide bonds. The van der Waals surface area contributed by atoms with Gasteiger partial charge in [-0.15, -0.1) is 12.4 Å². The Hall–Kier alpha value is -1.85. The topological polar surface area (TPSA) is 102 Å². The van der Waals surface area contributed by atoms with Gasteiger partial charge in [-0.05, 0) is 54.8 Å². The Balaban J connectivity index is 0.00000363. The van der Waals surface area contributed by atoms with Crippen molar-refractivity contribution in [3.63, 3.8) is 0 Å². The van der Waals surface area contributed by atoms with Crippen LogP contribution in [0.25, 0.3) is 0 Å². The second-order valence-electron chi connectivity index (χ2n) is 7.47. The third-order valence-corrected chi connectivity index (χ3v) is 8.08. The number of benzene rings is 2. The fraction of sp³-hybridized carbons (Fsp3) is 0.429. The minimum atomic E-state index is -3.92. The van der Waals surface area contributed by atoms with E-state index >= 15 is 0 Å². The number of hydrogen-bond donors (Lipinski definition) is 1. The molecule has 0 radical (unpaired) electrons. The van der Waals surface area contributed by atoms with Gasteiger partial charge in [0.15, 0.2) is 21.3 Å². The number of hydrogen-bond acceptors (Lipinski definition) is 7. The predicted octanol–water partition coefficient (Wildman–Crippen LogP) is 2.26. The number of methoxy groups -OCH3 is 2. The van der Waals surface area contributed by atoms with Crippen molar-refractivity contribution in [2.75, 3.05) is 40.1 Å². The molecule has 0 saturated carbocycles. The van der Waals surface area contributed by atoms with E-state index in [1.807, 2.05) is 12.1 Å². The Morgan fingerprint density at radius 3 is 2.16 bits per heavy atom. The summed E-state index contributed by atoms with van der Waals surface area (Å²) in [5, 5.41) is 0. The summed E-state index contributed by atoms with van der Waals surface area (Å²) in [4.78, 5) is 1.84. The van der Waals surface area contributed by atoms with Crippen molar-refractivity contribution >= 4 is 32.3 Å². The lowest BCUT2D eigenvalue weighted by Gasteiger charge is -2.29. The van der Waals surface area contributed by atoms with Crippen molar-refractivity contribution in [1.82, 2.24) is 9.62 Å². The van der Waals surface area contributed by atoms with Crippen LogP contribution in [0.15, 0.2) is 46.2 Å². The number of fused-ring (bicyclic) bond motifs is 1. The molecule has 178 valence electrons. The van der Waals surface area contributed by atoms with Gasteiger partial charge in [0.2, 0.25) is 10.0 Å². The van der Waals surface area contributed by atoms with Gasteiger partial charge in [-0.25, -0.2) is 21.6 Å². The van der Waals surface area contributed by atoms with E-state index in [2.05, 4.69) is 9.62 Å². The number of rotatable bonds is 9. The van der Waals surface area contributed by atoms with Crippen molar-refractivity contribution in [1.29, 1.82) is 0 Å². The van der Waals surface area contributed by atoms with Crippen LogP contribution in [0.2, 0.25) is 0 Å². The molecule has 1 heterocycles. The smallest absolute Gasteiger partial charge is 0.241 e. The SMILES string of the molecule is COc1cc2c(cc1OC)CN(CCCNS(=O)(=O)c1ccccc1S(C)(=O)=O)CC2.Cl. The summed E-state index contributed by atoms with van der Waals surface area (Å²) < 4.78 is 62.4. The molecule has 0 saturated heterocycles. The lowest BCUT2D eigenvalue weighted by molar-refractivity contribution is 0.250. The van der Waals surface area contributed by atoms with Gasteiger partial charge in [-0.3, -0.25) is 4.90 Å². The molecule has 0 aromatic heterocycles. The third kappa shape index (κ3) is 6.14. The maximum Gasteiger partial charge on any atom is 0.241 e. The van der Waals surface area contributed by atoms with Crippen molar-refractivity contribution in [2.45, 2.75) is 29.2 Å². The standard InChI is InChI=1S/C21H28N2O6S2.ClH/c1-28-18-13-16-9-12-23(15-17(16)14-19(18)29-2)11-6-10-22-31(26,27)21-8-5-4-7-20(21)30(3,24)25;/h4-5,7-8,13-14,22H,6,9-12,15H2,1-3H3;1H. The summed E-state index contributed by atoms with van der Waals surface area (Å²) in [6, 6.07) is 9.64. The molecule has 3 rings (SSSR count). The van der Waals surface area contributed by atoms with Gasteiger partial charge in [-0.2, -0.15) is 0 Å². The molecule has 1 N–H and O–H groups in total. The highest BCUT2D eigenvalue weighted by atomic mass is 35.5. The summed E-state index contributed by atoms with van der Waals surface area (Å²) in [5.74, 6) is 1.42. The number of nitrogens with zero attached hydrogens (tertiary/aromatic N) is 1. The van der Waals surface area contributed by atoms with Crippen molar-refractivity contribution in [3.8, 4) is 11.5 Å². The highest BCUT2D eigenvalue weighted by molar-refractivity contribution is 7.93. The van der Waals surface area contributed by atoms with Crippen molar-refractivity contribution in [3.05, 3.63) is 47.5 Å². The van der Waals surface area contributed by atoms with E-state index in [1.165, 1.54) is 35.4 Å². The third-order valence-electron chi connectivity index (χ3n) is 5.28. The molecule has 0 aliphatic carbocycles. The Morgan fingerprint density at radius 1 is 0.969 bits per heavy atom. The monoisotopic (exact) mass is 504 g/mol. The summed E-state index contributed by atoms with van der Waals surface area (Å²) in [7, 11) is -4.34. The van der Waals surface area contributed by atoms with E-state index in [4.69, 9.17) is 9.47 Å². The molecular formula is C21H29ClN2O6S2.